The Hall–Kier alpha value is -5.35. The van der Waals surface area contributed by atoms with Crippen LogP contribution >= 0.6 is 0 Å². The summed E-state index contributed by atoms with van der Waals surface area (Å²) >= 11 is 0. The second-order valence-corrected chi connectivity index (χ2v) is 10.5. The molecule has 2 aliphatic heterocycles. The van der Waals surface area contributed by atoms with E-state index in [4.69, 9.17) is 9.73 Å². The van der Waals surface area contributed by atoms with Crippen molar-refractivity contribution >= 4 is 38.6 Å². The van der Waals surface area contributed by atoms with Gasteiger partial charge in [0.1, 0.15) is 6.17 Å². The summed E-state index contributed by atoms with van der Waals surface area (Å²) in [6, 6.07) is 46.4. The van der Waals surface area contributed by atoms with Gasteiger partial charge in [0.25, 0.3) is 0 Å². The maximum Gasteiger partial charge on any atom is 0.196 e. The van der Waals surface area contributed by atoms with E-state index in [0.29, 0.717) is 0 Å². The lowest BCUT2D eigenvalue weighted by Gasteiger charge is -2.25. The molecule has 4 heteroatoms. The summed E-state index contributed by atoms with van der Waals surface area (Å²) in [5, 5.41) is 11.9. The molecule has 0 saturated heterocycles. The fraction of sp³-hybridized carbons (Fsp3) is 0.0541. The third-order valence-corrected chi connectivity index (χ3v) is 7.92. The molecule has 2 atom stereocenters. The number of fused-ring (bicyclic) bond motifs is 5. The highest BCUT2D eigenvalue weighted by atomic mass is 16.5. The van der Waals surface area contributed by atoms with Gasteiger partial charge in [-0.3, -0.25) is 4.99 Å². The van der Waals surface area contributed by atoms with Gasteiger partial charge in [-0.15, -0.1) is 0 Å². The van der Waals surface area contributed by atoms with Gasteiger partial charge in [0, 0.05) is 16.6 Å². The van der Waals surface area contributed by atoms with Gasteiger partial charge in [0.2, 0.25) is 0 Å². The maximum absolute atomic E-state index is 6.59. The highest BCUT2D eigenvalue weighted by molar-refractivity contribution is 6.14. The topological polar surface area (TPSA) is 45.6 Å². The van der Waals surface area contributed by atoms with Crippen LogP contribution in [0.2, 0.25) is 0 Å². The van der Waals surface area contributed by atoms with E-state index in [1.165, 1.54) is 5.39 Å². The number of allylic oxidation sites excluding steroid dienone is 1. The Morgan fingerprint density at radius 1 is 0.585 bits per heavy atom. The van der Waals surface area contributed by atoms with E-state index in [0.717, 1.165) is 61.3 Å². The van der Waals surface area contributed by atoms with Gasteiger partial charge in [-0.25, -0.2) is 0 Å². The Labute approximate surface area is 238 Å². The fourth-order valence-electron chi connectivity index (χ4n) is 5.85. The van der Waals surface area contributed by atoms with Crippen molar-refractivity contribution in [2.45, 2.75) is 12.4 Å². The molecule has 0 fully saturated rings. The van der Waals surface area contributed by atoms with Crippen LogP contribution in [0.5, 0.6) is 5.75 Å². The Morgan fingerprint density at radius 2 is 1.24 bits per heavy atom. The number of rotatable bonds is 4. The predicted molar refractivity (Wildman–Crippen MR) is 168 cm³/mol. The minimum absolute atomic E-state index is 0.216. The molecule has 6 aromatic rings. The standard InChI is InChI=1S/C37H27N3O/c1-4-10-25(11-5-1)32-23-33(26-12-6-2-7-13-26)39-36(38-32)29-19-17-24-16-18-27-20-21-31-35(34(27)30(24)22-29)41-37(40-31)28-14-8-3-9-15-28/h1-23,36-38,40H. The molecular weight excluding hydrogens is 502 g/mol. The van der Waals surface area contributed by atoms with Gasteiger partial charge in [-0.2, -0.15) is 0 Å². The zero-order valence-electron chi connectivity index (χ0n) is 22.3. The van der Waals surface area contributed by atoms with Crippen LogP contribution in [0.4, 0.5) is 5.69 Å². The zero-order chi connectivity index (χ0) is 27.2. The van der Waals surface area contributed by atoms with Gasteiger partial charge < -0.3 is 15.4 Å². The van der Waals surface area contributed by atoms with Crippen LogP contribution in [0.1, 0.15) is 34.6 Å². The van der Waals surface area contributed by atoms with E-state index < -0.39 is 0 Å². The Balaban J connectivity index is 1.25. The van der Waals surface area contributed by atoms with Gasteiger partial charge in [-0.05, 0) is 51.1 Å². The number of aliphatic imine (C=N–C) groups is 1. The summed E-state index contributed by atoms with van der Waals surface area (Å²) in [4.78, 5) is 5.19. The normalized spacial score (nSPS) is 17.7. The molecule has 196 valence electrons. The van der Waals surface area contributed by atoms with E-state index in [1.807, 2.05) is 30.3 Å². The minimum atomic E-state index is -0.238. The molecular formula is C37H27N3O. The first-order valence-electron chi connectivity index (χ1n) is 13.9. The number of nitrogens with one attached hydrogen (secondary N) is 2. The van der Waals surface area contributed by atoms with Crippen molar-refractivity contribution in [3.63, 3.8) is 0 Å². The minimum Gasteiger partial charge on any atom is -0.464 e. The smallest absolute Gasteiger partial charge is 0.196 e. The van der Waals surface area contributed by atoms with E-state index in [-0.39, 0.29) is 12.4 Å². The molecule has 4 nitrogen and oxygen atoms in total. The van der Waals surface area contributed by atoms with Crippen LogP contribution in [0.25, 0.3) is 27.2 Å². The maximum atomic E-state index is 6.59. The lowest BCUT2D eigenvalue weighted by molar-refractivity contribution is 0.263. The molecule has 0 saturated carbocycles. The lowest BCUT2D eigenvalue weighted by atomic mass is 9.97. The van der Waals surface area contributed by atoms with Crippen LogP contribution in [0.15, 0.2) is 145 Å². The first-order chi connectivity index (χ1) is 20.3. The van der Waals surface area contributed by atoms with Gasteiger partial charge in [-0.1, -0.05) is 121 Å². The number of ether oxygens (including phenoxy) is 1. The molecule has 0 radical (unpaired) electrons. The molecule has 2 heterocycles. The molecule has 0 aromatic heterocycles. The number of nitrogens with zero attached hydrogens (tertiary/aromatic N) is 1. The van der Waals surface area contributed by atoms with E-state index in [2.05, 4.69) is 120 Å². The summed E-state index contributed by atoms with van der Waals surface area (Å²) in [5.41, 5.74) is 7.47. The average molecular weight is 530 g/mol. The molecule has 0 aliphatic carbocycles. The molecule has 0 bridgehead atoms. The molecule has 2 unspecified atom stereocenters. The van der Waals surface area contributed by atoms with Crippen molar-refractivity contribution in [3.05, 3.63) is 162 Å². The predicted octanol–water partition coefficient (Wildman–Crippen LogP) is 8.63. The van der Waals surface area contributed by atoms with E-state index in [1.54, 1.807) is 0 Å². The zero-order valence-corrected chi connectivity index (χ0v) is 22.3. The van der Waals surface area contributed by atoms with Crippen molar-refractivity contribution in [1.29, 1.82) is 0 Å². The highest BCUT2D eigenvalue weighted by Crippen LogP contribution is 2.46. The van der Waals surface area contributed by atoms with Crippen molar-refractivity contribution < 1.29 is 4.74 Å². The van der Waals surface area contributed by atoms with Crippen molar-refractivity contribution in [1.82, 2.24) is 5.32 Å². The summed E-state index contributed by atoms with van der Waals surface area (Å²) in [6.07, 6.45) is 1.69. The number of hydrogen-bond acceptors (Lipinski definition) is 4. The first-order valence-corrected chi connectivity index (χ1v) is 13.9. The van der Waals surface area contributed by atoms with Crippen molar-refractivity contribution in [3.8, 4) is 5.75 Å². The first kappa shape index (κ1) is 23.5. The third kappa shape index (κ3) is 4.21. The quantitative estimate of drug-likeness (QED) is 0.225. The molecule has 2 N–H and O–H groups in total. The largest absolute Gasteiger partial charge is 0.464 e. The second-order valence-electron chi connectivity index (χ2n) is 10.5. The van der Waals surface area contributed by atoms with Crippen LogP contribution in [-0.4, -0.2) is 5.71 Å². The number of hydrogen-bond donors (Lipinski definition) is 2. The molecule has 6 aromatic carbocycles. The summed E-state index contributed by atoms with van der Waals surface area (Å²) < 4.78 is 6.59. The van der Waals surface area contributed by atoms with Crippen LogP contribution in [0, 0.1) is 0 Å². The highest BCUT2D eigenvalue weighted by Gasteiger charge is 2.26. The summed E-state index contributed by atoms with van der Waals surface area (Å²) in [5.74, 6) is 0.897. The second kappa shape index (κ2) is 9.68. The van der Waals surface area contributed by atoms with Crippen LogP contribution in [-0.2, 0) is 0 Å². The Bertz CT molecular complexity index is 1960. The monoisotopic (exact) mass is 529 g/mol. The SMILES string of the molecule is C1=C(c2ccccc2)NC(c2ccc3ccc4ccc5c(c4c3c2)OC(c2ccccc2)N5)N=C1c1ccccc1. The fourth-order valence-corrected chi connectivity index (χ4v) is 5.85. The number of anilines is 1. The molecule has 0 amide bonds. The number of benzene rings is 6. The van der Waals surface area contributed by atoms with Crippen LogP contribution in [0.3, 0.4) is 0 Å². The van der Waals surface area contributed by atoms with E-state index >= 15 is 0 Å². The molecule has 8 rings (SSSR count). The average Bonchev–Trinajstić information content (AvgIpc) is 3.50. The Kier molecular flexibility index (Phi) is 5.56. The summed E-state index contributed by atoms with van der Waals surface area (Å²) in [6.45, 7) is 0. The molecule has 2 aliphatic rings. The van der Waals surface area contributed by atoms with E-state index in [9.17, 15) is 0 Å². The van der Waals surface area contributed by atoms with Gasteiger partial charge in [0.15, 0.2) is 12.0 Å². The lowest BCUT2D eigenvalue weighted by Crippen LogP contribution is -2.24. The van der Waals surface area contributed by atoms with Crippen molar-refractivity contribution in [2.75, 3.05) is 5.32 Å². The third-order valence-electron chi connectivity index (χ3n) is 7.92. The van der Waals surface area contributed by atoms with Gasteiger partial charge >= 0.3 is 0 Å². The molecule has 0 spiro atoms. The van der Waals surface area contributed by atoms with Crippen LogP contribution < -0.4 is 15.4 Å². The summed E-state index contributed by atoms with van der Waals surface area (Å²) in [7, 11) is 0. The Morgan fingerprint density at radius 3 is 2.02 bits per heavy atom. The van der Waals surface area contributed by atoms with Crippen molar-refractivity contribution in [2.24, 2.45) is 4.99 Å². The van der Waals surface area contributed by atoms with Gasteiger partial charge in [0.05, 0.1) is 11.4 Å². The molecule has 41 heavy (non-hydrogen) atoms.